The van der Waals surface area contributed by atoms with Gasteiger partial charge in [-0.25, -0.2) is 4.98 Å². The quantitative estimate of drug-likeness (QED) is 0.131. The Labute approximate surface area is 267 Å². The lowest BCUT2D eigenvalue weighted by atomic mass is 10.1. The minimum Gasteiger partial charge on any atom is -0.385 e. The van der Waals surface area contributed by atoms with Crippen LogP contribution in [0.3, 0.4) is 0 Å². The summed E-state index contributed by atoms with van der Waals surface area (Å²) in [6, 6.07) is 23.3. The monoisotopic (exact) mass is 615 g/mol. The summed E-state index contributed by atoms with van der Waals surface area (Å²) in [5.41, 5.74) is 4.95. The second kappa shape index (κ2) is 21.8. The molecule has 1 fully saturated rings. The highest BCUT2D eigenvalue weighted by atomic mass is 32.1. The lowest BCUT2D eigenvalue weighted by Crippen LogP contribution is -2.21. The Balaban J connectivity index is 0.000000222. The molecule has 0 spiro atoms. The molecular formula is C36H49N5O2S. The van der Waals surface area contributed by atoms with E-state index in [1.807, 2.05) is 36.4 Å². The zero-order valence-corrected chi connectivity index (χ0v) is 27.5. The molecule has 4 aromatic rings. The summed E-state index contributed by atoms with van der Waals surface area (Å²) in [6.45, 7) is 14.5. The maximum Gasteiger partial charge on any atom is 0.247 e. The van der Waals surface area contributed by atoms with Crippen molar-refractivity contribution in [2.45, 2.75) is 52.5 Å². The van der Waals surface area contributed by atoms with Crippen LogP contribution in [0.15, 0.2) is 95.7 Å². The van der Waals surface area contributed by atoms with E-state index in [1.54, 1.807) is 35.7 Å². The normalized spacial score (nSPS) is 13.7. The Morgan fingerprint density at radius 1 is 1.07 bits per heavy atom. The zero-order valence-electron chi connectivity index (χ0n) is 26.7. The molecule has 2 aromatic carbocycles. The number of benzene rings is 2. The number of rotatable bonds is 10. The number of H-pyrrole nitrogens is 1. The number of pyridine rings is 1. The molecule has 1 aliphatic heterocycles. The number of aromatic nitrogens is 2. The van der Waals surface area contributed by atoms with Crippen LogP contribution in [0.2, 0.25) is 0 Å². The van der Waals surface area contributed by atoms with Crippen molar-refractivity contribution in [2.75, 3.05) is 33.2 Å². The smallest absolute Gasteiger partial charge is 0.247 e. The Bertz CT molecular complexity index is 1390. The fourth-order valence-electron chi connectivity index (χ4n) is 4.31. The average Bonchev–Trinajstić information content (AvgIpc) is 3.68. The SMILES string of the molecule is C=C(NCCCNCCC)c1cccc(C=O)c1.Cc1ccccc1.Cc1csc(C2CCCN2C)n1.O=c1cccc[nH]1. The van der Waals surface area contributed by atoms with Crippen LogP contribution in [-0.4, -0.2) is 54.4 Å². The summed E-state index contributed by atoms with van der Waals surface area (Å²) in [4.78, 5) is 30.3. The van der Waals surface area contributed by atoms with Gasteiger partial charge >= 0.3 is 0 Å². The second-order valence-corrected chi connectivity index (χ2v) is 11.5. The van der Waals surface area contributed by atoms with Gasteiger partial charge in [0.2, 0.25) is 5.56 Å². The highest BCUT2D eigenvalue weighted by molar-refractivity contribution is 7.09. The van der Waals surface area contributed by atoms with Crippen molar-refractivity contribution in [1.82, 2.24) is 25.5 Å². The number of thiazole rings is 1. The molecule has 5 rings (SSSR count). The molecule has 1 aliphatic rings. The maximum atomic E-state index is 10.7. The molecule has 0 saturated carbocycles. The third-order valence-corrected chi connectivity index (χ3v) is 7.79. The number of hydrogen-bond acceptors (Lipinski definition) is 7. The standard InChI is InChI=1S/C15H22N2O.C9H14N2S.C7H8.C5H5NO/c1-3-8-16-9-5-10-17-13(2)15-7-4-6-14(11-15)12-18;1-7-6-12-9(10-7)8-4-3-5-11(8)2;1-7-5-3-2-4-6-7;7-5-3-1-2-4-6-5/h4,6-7,11-12,16-17H,2-3,5,8-10H2,1H3;6,8H,3-5H2,1-2H3;2-6H,1H3;1-4H,(H,6,7). The van der Waals surface area contributed by atoms with Gasteiger partial charge in [-0.15, -0.1) is 11.3 Å². The molecular weight excluding hydrogens is 566 g/mol. The Hall–Kier alpha value is -3.85. The topological polar surface area (TPSA) is 90.1 Å². The summed E-state index contributed by atoms with van der Waals surface area (Å²) < 4.78 is 0. The number of aryl methyl sites for hydroxylation is 2. The van der Waals surface area contributed by atoms with Crippen molar-refractivity contribution in [3.63, 3.8) is 0 Å². The molecule has 1 saturated heterocycles. The van der Waals surface area contributed by atoms with E-state index in [-0.39, 0.29) is 5.56 Å². The van der Waals surface area contributed by atoms with E-state index in [0.717, 1.165) is 49.3 Å². The Kier molecular flexibility index (Phi) is 18.0. The van der Waals surface area contributed by atoms with Crippen molar-refractivity contribution in [2.24, 2.45) is 0 Å². The predicted molar refractivity (Wildman–Crippen MR) is 186 cm³/mol. The lowest BCUT2D eigenvalue weighted by Gasteiger charge is -2.16. The van der Waals surface area contributed by atoms with Gasteiger partial charge in [-0.2, -0.15) is 0 Å². The van der Waals surface area contributed by atoms with Crippen LogP contribution in [0.5, 0.6) is 0 Å². The van der Waals surface area contributed by atoms with E-state index >= 15 is 0 Å². The van der Waals surface area contributed by atoms with Gasteiger partial charge in [0.15, 0.2) is 0 Å². The molecule has 7 nitrogen and oxygen atoms in total. The molecule has 1 atom stereocenters. The number of carbonyl (C=O) groups excluding carboxylic acids is 1. The lowest BCUT2D eigenvalue weighted by molar-refractivity contribution is 0.112. The van der Waals surface area contributed by atoms with Crippen LogP contribution < -0.4 is 16.2 Å². The van der Waals surface area contributed by atoms with Gasteiger partial charge in [-0.05, 0) is 83.9 Å². The first-order valence-electron chi connectivity index (χ1n) is 15.3. The van der Waals surface area contributed by atoms with Gasteiger partial charge in [0.25, 0.3) is 0 Å². The number of carbonyl (C=O) groups is 1. The minimum absolute atomic E-state index is 0.0532. The number of aldehydes is 1. The van der Waals surface area contributed by atoms with Crippen LogP contribution in [0.1, 0.15) is 70.8 Å². The van der Waals surface area contributed by atoms with Gasteiger partial charge in [0.05, 0.1) is 6.04 Å². The van der Waals surface area contributed by atoms with E-state index in [1.165, 1.54) is 42.4 Å². The molecule has 2 aromatic heterocycles. The average molecular weight is 616 g/mol. The van der Waals surface area contributed by atoms with E-state index in [2.05, 4.69) is 77.4 Å². The molecule has 0 bridgehead atoms. The van der Waals surface area contributed by atoms with Gasteiger partial charge in [0.1, 0.15) is 11.3 Å². The van der Waals surface area contributed by atoms with Crippen molar-refractivity contribution in [3.05, 3.63) is 129 Å². The molecule has 3 heterocycles. The number of likely N-dealkylation sites (tertiary alicyclic amines) is 1. The first kappa shape index (κ1) is 36.3. The van der Waals surface area contributed by atoms with E-state index in [4.69, 9.17) is 0 Å². The fraction of sp³-hybridized carbons (Fsp3) is 0.361. The van der Waals surface area contributed by atoms with Crippen LogP contribution in [0.25, 0.3) is 5.70 Å². The number of hydrogen-bond donors (Lipinski definition) is 3. The van der Waals surface area contributed by atoms with Crippen LogP contribution in [0, 0.1) is 13.8 Å². The molecule has 1 unspecified atom stereocenters. The molecule has 3 N–H and O–H groups in total. The Morgan fingerprint density at radius 2 is 1.84 bits per heavy atom. The van der Waals surface area contributed by atoms with Gasteiger partial charge in [-0.3, -0.25) is 14.5 Å². The van der Waals surface area contributed by atoms with Gasteiger partial charge in [-0.1, -0.05) is 73.7 Å². The van der Waals surface area contributed by atoms with E-state index in [0.29, 0.717) is 11.6 Å². The largest absolute Gasteiger partial charge is 0.385 e. The third-order valence-electron chi connectivity index (χ3n) is 6.73. The summed E-state index contributed by atoms with van der Waals surface area (Å²) >= 11 is 1.80. The number of nitrogens with one attached hydrogen (secondary N) is 3. The van der Waals surface area contributed by atoms with Crippen molar-refractivity contribution >= 4 is 23.3 Å². The molecule has 0 radical (unpaired) electrons. The highest BCUT2D eigenvalue weighted by Crippen LogP contribution is 2.31. The third kappa shape index (κ3) is 15.0. The second-order valence-electron chi connectivity index (χ2n) is 10.6. The van der Waals surface area contributed by atoms with Gasteiger partial charge < -0.3 is 15.6 Å². The molecule has 44 heavy (non-hydrogen) atoms. The first-order chi connectivity index (χ1) is 21.3. The predicted octanol–water partition coefficient (Wildman–Crippen LogP) is 7.04. The maximum absolute atomic E-state index is 10.7. The number of nitrogens with zero attached hydrogens (tertiary/aromatic N) is 2. The van der Waals surface area contributed by atoms with Crippen LogP contribution in [-0.2, 0) is 0 Å². The van der Waals surface area contributed by atoms with Gasteiger partial charge in [0, 0.05) is 41.1 Å². The zero-order chi connectivity index (χ0) is 32.0. The number of aromatic amines is 1. The van der Waals surface area contributed by atoms with Crippen LogP contribution >= 0.6 is 11.3 Å². The highest BCUT2D eigenvalue weighted by Gasteiger charge is 2.24. The van der Waals surface area contributed by atoms with Crippen molar-refractivity contribution < 1.29 is 4.79 Å². The molecule has 0 aliphatic carbocycles. The van der Waals surface area contributed by atoms with E-state index in [9.17, 15) is 9.59 Å². The summed E-state index contributed by atoms with van der Waals surface area (Å²) in [6.07, 6.45) is 7.28. The van der Waals surface area contributed by atoms with Crippen molar-refractivity contribution in [1.29, 1.82) is 0 Å². The summed E-state index contributed by atoms with van der Waals surface area (Å²) in [7, 11) is 2.19. The van der Waals surface area contributed by atoms with Crippen molar-refractivity contribution in [3.8, 4) is 0 Å². The van der Waals surface area contributed by atoms with E-state index < -0.39 is 0 Å². The molecule has 236 valence electrons. The summed E-state index contributed by atoms with van der Waals surface area (Å²) in [5.74, 6) is 0. The van der Waals surface area contributed by atoms with Crippen LogP contribution in [0.4, 0.5) is 0 Å². The minimum atomic E-state index is -0.0532. The fourth-order valence-corrected chi connectivity index (χ4v) is 5.31. The Morgan fingerprint density at radius 3 is 2.36 bits per heavy atom. The summed E-state index contributed by atoms with van der Waals surface area (Å²) in [5, 5.41) is 10.1. The first-order valence-corrected chi connectivity index (χ1v) is 16.2. The molecule has 8 heteroatoms. The molecule has 0 amide bonds.